The fraction of sp³-hybridized carbons (Fsp3) is 0.667. The summed E-state index contributed by atoms with van der Waals surface area (Å²) in [4.78, 5) is 20.9. The monoisotopic (exact) mass is 212 g/mol. The summed E-state index contributed by atoms with van der Waals surface area (Å²) in [6.45, 7) is 0. The molecule has 70 valence electrons. The molecule has 0 fully saturated rings. The number of hydrogen-bond acceptors (Lipinski definition) is 4. The second-order valence-electron chi connectivity index (χ2n) is 2.14. The Hall–Kier alpha value is -0.420. The van der Waals surface area contributed by atoms with Crippen molar-refractivity contribution in [3.8, 4) is 0 Å². The van der Waals surface area contributed by atoms with Gasteiger partial charge < -0.3 is 9.84 Å². The standard InChI is InChI=1S/C6H9ClO4S/c1-11-4(8)2-3-6(7,12)5(9)10/h12H,2-3H2,1H3,(H,9,10). The van der Waals surface area contributed by atoms with E-state index in [1.807, 2.05) is 0 Å². The van der Waals surface area contributed by atoms with Crippen molar-refractivity contribution in [3.63, 3.8) is 0 Å². The predicted octanol–water partition coefficient (Wildman–Crippen LogP) is 0.889. The van der Waals surface area contributed by atoms with Gasteiger partial charge in [0.15, 0.2) is 4.21 Å². The molecule has 4 nitrogen and oxygen atoms in total. The van der Waals surface area contributed by atoms with Crippen molar-refractivity contribution in [1.29, 1.82) is 0 Å². The van der Waals surface area contributed by atoms with Crippen molar-refractivity contribution in [3.05, 3.63) is 0 Å². The van der Waals surface area contributed by atoms with Crippen LogP contribution in [0.25, 0.3) is 0 Å². The van der Waals surface area contributed by atoms with E-state index in [0.29, 0.717) is 0 Å². The third kappa shape index (κ3) is 3.82. The average molecular weight is 213 g/mol. The fourth-order valence-corrected chi connectivity index (χ4v) is 0.683. The molecule has 0 spiro atoms. The number of thiol groups is 1. The molecule has 0 aromatic rings. The molecule has 0 aliphatic rings. The second kappa shape index (κ2) is 4.57. The summed E-state index contributed by atoms with van der Waals surface area (Å²) in [7, 11) is 1.22. The molecule has 0 aliphatic carbocycles. The Balaban J connectivity index is 3.92. The van der Waals surface area contributed by atoms with Crippen LogP contribution >= 0.6 is 24.2 Å². The van der Waals surface area contributed by atoms with Gasteiger partial charge in [-0.05, 0) is 6.42 Å². The minimum atomic E-state index is -1.69. The molecule has 0 heterocycles. The van der Waals surface area contributed by atoms with Gasteiger partial charge in [0.05, 0.1) is 7.11 Å². The Bertz CT molecular complexity index is 192. The van der Waals surface area contributed by atoms with Crippen molar-refractivity contribution < 1.29 is 19.4 Å². The zero-order valence-electron chi connectivity index (χ0n) is 6.41. The second-order valence-corrected chi connectivity index (χ2v) is 3.81. The Kier molecular flexibility index (Phi) is 4.41. The normalized spacial score (nSPS) is 14.9. The highest BCUT2D eigenvalue weighted by molar-refractivity contribution is 7.84. The lowest BCUT2D eigenvalue weighted by Crippen LogP contribution is -2.26. The predicted molar refractivity (Wildman–Crippen MR) is 46.5 cm³/mol. The molecule has 0 saturated heterocycles. The van der Waals surface area contributed by atoms with Crippen LogP contribution in [0, 0.1) is 0 Å². The average Bonchev–Trinajstić information content (AvgIpc) is 2.00. The maximum absolute atomic E-state index is 10.6. The van der Waals surface area contributed by atoms with Gasteiger partial charge in [-0.2, -0.15) is 0 Å². The summed E-state index contributed by atoms with van der Waals surface area (Å²) in [5.41, 5.74) is 0. The van der Waals surface area contributed by atoms with Crippen LogP contribution in [0.2, 0.25) is 0 Å². The topological polar surface area (TPSA) is 63.6 Å². The van der Waals surface area contributed by atoms with E-state index in [1.54, 1.807) is 0 Å². The highest BCUT2D eigenvalue weighted by Gasteiger charge is 2.32. The minimum absolute atomic E-state index is 0.0597. The van der Waals surface area contributed by atoms with Gasteiger partial charge in [-0.3, -0.25) is 4.79 Å². The zero-order valence-corrected chi connectivity index (χ0v) is 8.06. The first-order chi connectivity index (χ1) is 5.40. The van der Waals surface area contributed by atoms with Crippen LogP contribution < -0.4 is 0 Å². The van der Waals surface area contributed by atoms with E-state index in [4.69, 9.17) is 16.7 Å². The molecule has 12 heavy (non-hydrogen) atoms. The van der Waals surface area contributed by atoms with Gasteiger partial charge in [-0.25, -0.2) is 4.79 Å². The lowest BCUT2D eigenvalue weighted by molar-refractivity contribution is -0.141. The van der Waals surface area contributed by atoms with Gasteiger partial charge in [0.2, 0.25) is 0 Å². The highest BCUT2D eigenvalue weighted by Crippen LogP contribution is 2.26. The number of carboxylic acid groups (broad SMARTS) is 1. The van der Waals surface area contributed by atoms with Crippen LogP contribution in [0.4, 0.5) is 0 Å². The largest absolute Gasteiger partial charge is 0.479 e. The molecule has 1 atom stereocenters. The first-order valence-electron chi connectivity index (χ1n) is 3.11. The quantitative estimate of drug-likeness (QED) is 0.413. The zero-order chi connectivity index (χ0) is 9.78. The van der Waals surface area contributed by atoms with Crippen LogP contribution in [-0.2, 0) is 14.3 Å². The lowest BCUT2D eigenvalue weighted by atomic mass is 10.2. The Morgan fingerprint density at radius 2 is 2.17 bits per heavy atom. The number of ether oxygens (including phenoxy) is 1. The van der Waals surface area contributed by atoms with Gasteiger partial charge in [0, 0.05) is 6.42 Å². The smallest absolute Gasteiger partial charge is 0.334 e. The number of carboxylic acids is 1. The molecule has 0 radical (unpaired) electrons. The molecule has 0 rings (SSSR count). The number of halogens is 1. The van der Waals surface area contributed by atoms with Crippen molar-refractivity contribution in [1.82, 2.24) is 0 Å². The van der Waals surface area contributed by atoms with E-state index in [2.05, 4.69) is 17.4 Å². The summed E-state index contributed by atoms with van der Waals surface area (Å²) in [5, 5.41) is 8.47. The van der Waals surface area contributed by atoms with Gasteiger partial charge in [0.25, 0.3) is 0 Å². The summed E-state index contributed by atoms with van der Waals surface area (Å²) in [6, 6.07) is 0. The number of carbonyl (C=O) groups is 2. The molecular formula is C6H9ClO4S. The number of rotatable bonds is 4. The van der Waals surface area contributed by atoms with Crippen molar-refractivity contribution in [2.45, 2.75) is 17.0 Å². The molecule has 1 N–H and O–H groups in total. The van der Waals surface area contributed by atoms with Gasteiger partial charge >= 0.3 is 11.9 Å². The first kappa shape index (κ1) is 11.6. The number of carbonyl (C=O) groups excluding carboxylic acids is 1. The third-order valence-electron chi connectivity index (χ3n) is 1.22. The van der Waals surface area contributed by atoms with E-state index in [9.17, 15) is 9.59 Å². The van der Waals surface area contributed by atoms with Crippen LogP contribution in [0.1, 0.15) is 12.8 Å². The Labute approximate surface area is 80.3 Å². The molecule has 1 unspecified atom stereocenters. The number of esters is 1. The first-order valence-corrected chi connectivity index (χ1v) is 3.94. The van der Waals surface area contributed by atoms with E-state index in [1.165, 1.54) is 7.11 Å². The minimum Gasteiger partial charge on any atom is -0.479 e. The molecule has 0 aliphatic heterocycles. The molecular weight excluding hydrogens is 204 g/mol. The van der Waals surface area contributed by atoms with Crippen LogP contribution in [0.15, 0.2) is 0 Å². The number of alkyl halides is 1. The summed E-state index contributed by atoms with van der Waals surface area (Å²) in [5.74, 6) is -1.77. The van der Waals surface area contributed by atoms with Crippen LogP contribution in [0.5, 0.6) is 0 Å². The van der Waals surface area contributed by atoms with E-state index >= 15 is 0 Å². The van der Waals surface area contributed by atoms with Crippen molar-refractivity contribution in [2.24, 2.45) is 0 Å². The summed E-state index contributed by atoms with van der Waals surface area (Å²) >= 11 is 9.08. The van der Waals surface area contributed by atoms with Crippen molar-refractivity contribution >= 4 is 36.2 Å². The van der Waals surface area contributed by atoms with Crippen molar-refractivity contribution in [2.75, 3.05) is 7.11 Å². The molecule has 0 bridgehead atoms. The SMILES string of the molecule is COC(=O)CCC(S)(Cl)C(=O)O. The van der Waals surface area contributed by atoms with Crippen LogP contribution in [-0.4, -0.2) is 28.4 Å². The highest BCUT2D eigenvalue weighted by atomic mass is 35.5. The Morgan fingerprint density at radius 1 is 1.67 bits per heavy atom. The van der Waals surface area contributed by atoms with Gasteiger partial charge in [0.1, 0.15) is 0 Å². The van der Waals surface area contributed by atoms with Gasteiger partial charge in [-0.1, -0.05) is 11.6 Å². The molecule has 0 amide bonds. The third-order valence-corrected chi connectivity index (χ3v) is 1.98. The number of methoxy groups -OCH3 is 1. The molecule has 0 aromatic heterocycles. The Morgan fingerprint density at radius 3 is 2.50 bits per heavy atom. The number of hydrogen-bond donors (Lipinski definition) is 2. The molecule has 0 aromatic carbocycles. The maximum atomic E-state index is 10.6. The van der Waals surface area contributed by atoms with E-state index in [0.717, 1.165) is 0 Å². The van der Waals surface area contributed by atoms with Crippen LogP contribution in [0.3, 0.4) is 0 Å². The van der Waals surface area contributed by atoms with E-state index in [-0.39, 0.29) is 12.8 Å². The molecule has 6 heteroatoms. The maximum Gasteiger partial charge on any atom is 0.334 e. The number of aliphatic carboxylic acids is 1. The van der Waals surface area contributed by atoms with E-state index < -0.39 is 16.1 Å². The summed E-state index contributed by atoms with van der Waals surface area (Å²) in [6.07, 6.45) is -0.129. The summed E-state index contributed by atoms with van der Waals surface area (Å²) < 4.78 is 2.61. The molecule has 0 saturated carbocycles. The van der Waals surface area contributed by atoms with Gasteiger partial charge in [-0.15, -0.1) is 12.6 Å². The fourth-order valence-electron chi connectivity index (χ4n) is 0.477. The lowest BCUT2D eigenvalue weighted by Gasteiger charge is -2.13.